The lowest BCUT2D eigenvalue weighted by Gasteiger charge is -2.08. The number of carboxylic acid groups (broad SMARTS) is 1. The summed E-state index contributed by atoms with van der Waals surface area (Å²) in [6, 6.07) is 10.4. The molecule has 0 heterocycles. The molecule has 5 heteroatoms. The predicted molar refractivity (Wildman–Crippen MR) is 79.3 cm³/mol. The molecule has 2 N–H and O–H groups in total. The van der Waals surface area contributed by atoms with Gasteiger partial charge in [0.1, 0.15) is 5.82 Å². The molecule has 0 atom stereocenters. The van der Waals surface area contributed by atoms with Crippen molar-refractivity contribution in [3.05, 3.63) is 59.4 Å². The smallest absolute Gasteiger partial charge is 0.335 e. The Morgan fingerprint density at radius 3 is 2.55 bits per heavy atom. The van der Waals surface area contributed by atoms with Crippen molar-refractivity contribution in [3.63, 3.8) is 0 Å². The number of hydrogen-bond donors (Lipinski definition) is 2. The van der Waals surface area contributed by atoms with Crippen molar-refractivity contribution in [1.82, 2.24) is 5.32 Å². The third-order valence-electron chi connectivity index (χ3n) is 3.56. The van der Waals surface area contributed by atoms with Crippen molar-refractivity contribution in [2.24, 2.45) is 0 Å². The van der Waals surface area contributed by atoms with E-state index in [0.717, 1.165) is 18.9 Å². The van der Waals surface area contributed by atoms with E-state index in [0.29, 0.717) is 11.1 Å². The number of aromatic carboxylic acids is 1. The van der Waals surface area contributed by atoms with E-state index in [4.69, 9.17) is 5.11 Å². The fourth-order valence-corrected chi connectivity index (χ4v) is 2.20. The Morgan fingerprint density at radius 2 is 1.86 bits per heavy atom. The quantitative estimate of drug-likeness (QED) is 0.911. The maximum atomic E-state index is 14.0. The van der Waals surface area contributed by atoms with Crippen molar-refractivity contribution in [1.29, 1.82) is 0 Å². The number of benzene rings is 2. The first-order valence-electron chi connectivity index (χ1n) is 6.99. The first kappa shape index (κ1) is 14.3. The van der Waals surface area contributed by atoms with Crippen LogP contribution in [0.3, 0.4) is 0 Å². The Balaban J connectivity index is 1.96. The monoisotopic (exact) mass is 299 g/mol. The van der Waals surface area contributed by atoms with Crippen LogP contribution >= 0.6 is 0 Å². The van der Waals surface area contributed by atoms with Gasteiger partial charge in [0.15, 0.2) is 0 Å². The van der Waals surface area contributed by atoms with E-state index in [1.165, 1.54) is 12.1 Å². The van der Waals surface area contributed by atoms with E-state index < -0.39 is 11.8 Å². The van der Waals surface area contributed by atoms with Gasteiger partial charge >= 0.3 is 5.97 Å². The van der Waals surface area contributed by atoms with Gasteiger partial charge in [0.05, 0.1) is 5.56 Å². The number of nitrogens with one attached hydrogen (secondary N) is 1. The van der Waals surface area contributed by atoms with Crippen LogP contribution in [0.25, 0.3) is 11.1 Å². The van der Waals surface area contributed by atoms with Gasteiger partial charge in [0.25, 0.3) is 5.91 Å². The Morgan fingerprint density at radius 1 is 1.09 bits per heavy atom. The maximum Gasteiger partial charge on any atom is 0.335 e. The van der Waals surface area contributed by atoms with Crippen LogP contribution in [0.4, 0.5) is 4.39 Å². The fraction of sp³-hybridized carbons (Fsp3) is 0.176. The molecule has 0 saturated heterocycles. The molecule has 1 aliphatic rings. The molecule has 3 rings (SSSR count). The molecule has 1 aliphatic carbocycles. The first-order valence-corrected chi connectivity index (χ1v) is 6.99. The molecule has 0 spiro atoms. The number of halogens is 1. The highest BCUT2D eigenvalue weighted by Crippen LogP contribution is 2.26. The third kappa shape index (κ3) is 2.98. The zero-order valence-corrected chi connectivity index (χ0v) is 11.7. The summed E-state index contributed by atoms with van der Waals surface area (Å²) in [6.07, 6.45) is 1.97. The molecule has 112 valence electrons. The van der Waals surface area contributed by atoms with Crippen LogP contribution < -0.4 is 5.32 Å². The van der Waals surface area contributed by atoms with Gasteiger partial charge in [0.2, 0.25) is 0 Å². The minimum Gasteiger partial charge on any atom is -0.478 e. The van der Waals surface area contributed by atoms with E-state index >= 15 is 0 Å². The molecule has 2 aromatic rings. The summed E-state index contributed by atoms with van der Waals surface area (Å²) in [7, 11) is 0. The van der Waals surface area contributed by atoms with Gasteiger partial charge in [-0.25, -0.2) is 9.18 Å². The number of carboxylic acids is 1. The van der Waals surface area contributed by atoms with Gasteiger partial charge in [-0.3, -0.25) is 4.79 Å². The zero-order valence-electron chi connectivity index (χ0n) is 11.7. The predicted octanol–water partition coefficient (Wildman–Crippen LogP) is 3.08. The Labute approximate surface area is 126 Å². The van der Waals surface area contributed by atoms with E-state index in [-0.39, 0.29) is 23.1 Å². The first-order chi connectivity index (χ1) is 10.5. The average molecular weight is 299 g/mol. The minimum absolute atomic E-state index is 0.00392. The molecule has 0 aromatic heterocycles. The van der Waals surface area contributed by atoms with Gasteiger partial charge in [-0.2, -0.15) is 0 Å². The van der Waals surface area contributed by atoms with Crippen molar-refractivity contribution < 1.29 is 19.1 Å². The van der Waals surface area contributed by atoms with Gasteiger partial charge in [-0.05, 0) is 48.7 Å². The SMILES string of the molecule is O=C(O)c1ccc(F)c(-c2cccc(C(=O)NC3CC3)c2)c1. The van der Waals surface area contributed by atoms with Crippen LogP contribution in [0, 0.1) is 5.82 Å². The van der Waals surface area contributed by atoms with Crippen molar-refractivity contribution >= 4 is 11.9 Å². The summed E-state index contributed by atoms with van der Waals surface area (Å²) in [6.45, 7) is 0. The second-order valence-corrected chi connectivity index (χ2v) is 5.33. The van der Waals surface area contributed by atoms with Crippen LogP contribution in [0.1, 0.15) is 33.6 Å². The second-order valence-electron chi connectivity index (χ2n) is 5.33. The van der Waals surface area contributed by atoms with Gasteiger partial charge < -0.3 is 10.4 Å². The van der Waals surface area contributed by atoms with Gasteiger partial charge in [0, 0.05) is 17.2 Å². The Kier molecular flexibility index (Phi) is 3.63. The summed E-state index contributed by atoms with van der Waals surface area (Å²) in [5.41, 5.74) is 1.08. The maximum absolute atomic E-state index is 14.0. The van der Waals surface area contributed by atoms with E-state index in [9.17, 15) is 14.0 Å². The highest BCUT2D eigenvalue weighted by Gasteiger charge is 2.24. The molecule has 0 bridgehead atoms. The molecule has 0 radical (unpaired) electrons. The summed E-state index contributed by atoms with van der Waals surface area (Å²) in [4.78, 5) is 23.1. The summed E-state index contributed by atoms with van der Waals surface area (Å²) in [5, 5.41) is 11.9. The lowest BCUT2D eigenvalue weighted by Crippen LogP contribution is -2.25. The summed E-state index contributed by atoms with van der Waals surface area (Å²) in [5.74, 6) is -1.84. The van der Waals surface area contributed by atoms with Crippen molar-refractivity contribution in [2.75, 3.05) is 0 Å². The molecule has 1 amide bonds. The van der Waals surface area contributed by atoms with Crippen LogP contribution in [-0.4, -0.2) is 23.0 Å². The highest BCUT2D eigenvalue weighted by molar-refractivity contribution is 5.96. The molecular formula is C17H14FNO3. The molecule has 2 aromatic carbocycles. The van der Waals surface area contributed by atoms with Crippen LogP contribution in [0.15, 0.2) is 42.5 Å². The molecule has 0 aliphatic heterocycles. The van der Waals surface area contributed by atoms with Crippen LogP contribution in [-0.2, 0) is 0 Å². The lowest BCUT2D eigenvalue weighted by atomic mass is 10.00. The van der Waals surface area contributed by atoms with Gasteiger partial charge in [-0.15, -0.1) is 0 Å². The number of amides is 1. The van der Waals surface area contributed by atoms with E-state index in [2.05, 4.69) is 5.32 Å². The minimum atomic E-state index is -1.12. The van der Waals surface area contributed by atoms with Crippen LogP contribution in [0.2, 0.25) is 0 Å². The Bertz CT molecular complexity index is 753. The third-order valence-corrected chi connectivity index (χ3v) is 3.56. The summed E-state index contributed by atoms with van der Waals surface area (Å²) < 4.78 is 14.0. The fourth-order valence-electron chi connectivity index (χ4n) is 2.20. The standard InChI is InChI=1S/C17H14FNO3/c18-15-7-4-12(17(21)22)9-14(15)10-2-1-3-11(8-10)16(20)19-13-5-6-13/h1-4,7-9,13H,5-6H2,(H,19,20)(H,21,22). The van der Waals surface area contributed by atoms with Crippen molar-refractivity contribution in [3.8, 4) is 11.1 Å². The largest absolute Gasteiger partial charge is 0.478 e. The van der Waals surface area contributed by atoms with Crippen LogP contribution in [0.5, 0.6) is 0 Å². The summed E-state index contributed by atoms with van der Waals surface area (Å²) >= 11 is 0. The number of rotatable bonds is 4. The second kappa shape index (κ2) is 5.60. The highest BCUT2D eigenvalue weighted by atomic mass is 19.1. The topological polar surface area (TPSA) is 66.4 Å². The molecule has 1 saturated carbocycles. The van der Waals surface area contributed by atoms with Crippen molar-refractivity contribution in [2.45, 2.75) is 18.9 Å². The van der Waals surface area contributed by atoms with E-state index in [1.54, 1.807) is 24.3 Å². The number of hydrogen-bond acceptors (Lipinski definition) is 2. The molecule has 1 fully saturated rings. The molecular weight excluding hydrogens is 285 g/mol. The zero-order chi connectivity index (χ0) is 15.7. The molecule has 4 nitrogen and oxygen atoms in total. The molecule has 22 heavy (non-hydrogen) atoms. The van der Waals surface area contributed by atoms with Gasteiger partial charge in [-0.1, -0.05) is 12.1 Å². The number of carbonyl (C=O) groups excluding carboxylic acids is 1. The number of carbonyl (C=O) groups is 2. The molecule has 0 unspecified atom stereocenters. The normalized spacial score (nSPS) is 13.7. The Hall–Kier alpha value is -2.69. The lowest BCUT2D eigenvalue weighted by molar-refractivity contribution is 0.0696. The van der Waals surface area contributed by atoms with E-state index in [1.807, 2.05) is 0 Å². The average Bonchev–Trinajstić information content (AvgIpc) is 3.31.